The number of aliphatic carboxylic acids is 1. The highest BCUT2D eigenvalue weighted by Crippen LogP contribution is 2.48. The van der Waals surface area contributed by atoms with Crippen LogP contribution in [0.5, 0.6) is 5.75 Å². The highest BCUT2D eigenvalue weighted by atomic mass is 16.6. The summed E-state index contributed by atoms with van der Waals surface area (Å²) in [6.45, 7) is -0.293. The third kappa shape index (κ3) is 5.22. The molecule has 2 fully saturated rings. The van der Waals surface area contributed by atoms with Gasteiger partial charge >= 0.3 is 11.9 Å². The predicted octanol–water partition coefficient (Wildman–Crippen LogP) is 3.95. The van der Waals surface area contributed by atoms with Crippen LogP contribution in [0.4, 0.5) is 0 Å². The van der Waals surface area contributed by atoms with E-state index in [0.717, 1.165) is 57.1 Å². The molecule has 4 atom stereocenters. The topological polar surface area (TPSA) is 84.9 Å². The van der Waals surface area contributed by atoms with Gasteiger partial charge in [0.25, 0.3) is 0 Å². The molecule has 31 heavy (non-hydrogen) atoms. The van der Waals surface area contributed by atoms with E-state index < -0.39 is 5.97 Å². The number of benzene rings is 1. The lowest BCUT2D eigenvalue weighted by Gasteiger charge is -2.32. The average Bonchev–Trinajstić information content (AvgIpc) is 3.43. The Morgan fingerprint density at radius 3 is 2.71 bits per heavy atom. The SMILES string of the molecule is CNC(CCC1CCC2Cc3c(cccc3OCC(=O)O)CC12)OC(=O)C1CCCC1. The molecule has 0 radical (unpaired) electrons. The molecule has 0 aromatic heterocycles. The summed E-state index contributed by atoms with van der Waals surface area (Å²) in [5.74, 6) is 1.77. The minimum absolute atomic E-state index is 0.0263. The Kier molecular flexibility index (Phi) is 7.16. The summed E-state index contributed by atoms with van der Waals surface area (Å²) >= 11 is 0. The summed E-state index contributed by atoms with van der Waals surface area (Å²) in [6.07, 6.45) is 10.4. The van der Waals surface area contributed by atoms with Crippen LogP contribution in [0.3, 0.4) is 0 Å². The Hall–Kier alpha value is -2.08. The van der Waals surface area contributed by atoms with Crippen molar-refractivity contribution in [3.05, 3.63) is 29.3 Å². The third-order valence-electron chi connectivity index (χ3n) is 7.69. The molecule has 0 saturated heterocycles. The standard InChI is InChI=1S/C25H35NO5/c1-26-23(31-25(29)17-5-2-3-6-17)12-11-16-9-10-19-14-21-18(13-20(16)19)7-4-8-22(21)30-15-24(27)28/h4,7-8,16-17,19-20,23,26H,2-3,5-6,9-15H2,1H3,(H,27,28). The largest absolute Gasteiger partial charge is 0.482 e. The lowest BCUT2D eigenvalue weighted by Crippen LogP contribution is -2.34. The third-order valence-corrected chi connectivity index (χ3v) is 7.69. The van der Waals surface area contributed by atoms with Crippen molar-refractivity contribution in [1.29, 1.82) is 0 Å². The first kappa shape index (κ1) is 22.1. The average molecular weight is 430 g/mol. The number of nitrogens with one attached hydrogen (secondary N) is 1. The Labute approximate surface area is 184 Å². The molecule has 3 aliphatic rings. The quantitative estimate of drug-likeness (QED) is 0.457. The molecule has 170 valence electrons. The Morgan fingerprint density at radius 2 is 1.97 bits per heavy atom. The molecule has 0 bridgehead atoms. The zero-order valence-corrected chi connectivity index (χ0v) is 18.5. The van der Waals surface area contributed by atoms with E-state index in [-0.39, 0.29) is 24.7 Å². The molecule has 0 heterocycles. The number of hydrogen-bond acceptors (Lipinski definition) is 5. The molecule has 0 spiro atoms. The van der Waals surface area contributed by atoms with Crippen LogP contribution in [0.2, 0.25) is 0 Å². The van der Waals surface area contributed by atoms with Gasteiger partial charge in [-0.1, -0.05) is 25.0 Å². The first-order valence-corrected chi connectivity index (χ1v) is 11.9. The Bertz CT molecular complexity index is 788. The van der Waals surface area contributed by atoms with Crippen molar-refractivity contribution in [2.75, 3.05) is 13.7 Å². The fourth-order valence-electron chi connectivity index (χ4n) is 6.04. The number of carbonyl (C=O) groups excluding carboxylic acids is 1. The smallest absolute Gasteiger partial charge is 0.341 e. The number of hydrogen-bond donors (Lipinski definition) is 2. The van der Waals surface area contributed by atoms with E-state index in [2.05, 4.69) is 11.4 Å². The molecular formula is C25H35NO5. The molecule has 0 amide bonds. The second-order valence-corrected chi connectivity index (χ2v) is 9.52. The van der Waals surface area contributed by atoms with Gasteiger partial charge in [0, 0.05) is 0 Å². The number of rotatable bonds is 9. The van der Waals surface area contributed by atoms with Gasteiger partial charge in [-0.25, -0.2) is 4.79 Å². The summed E-state index contributed by atoms with van der Waals surface area (Å²) in [6, 6.07) is 6.03. The van der Waals surface area contributed by atoms with E-state index in [4.69, 9.17) is 14.6 Å². The lowest BCUT2D eigenvalue weighted by molar-refractivity contribution is -0.155. The Morgan fingerprint density at radius 1 is 1.16 bits per heavy atom. The minimum atomic E-state index is -0.945. The number of ether oxygens (including phenoxy) is 2. The summed E-state index contributed by atoms with van der Waals surface area (Å²) in [4.78, 5) is 23.3. The molecule has 2 N–H and O–H groups in total. The van der Waals surface area contributed by atoms with Crippen LogP contribution in [0.25, 0.3) is 0 Å². The number of carboxylic acid groups (broad SMARTS) is 1. The number of esters is 1. The van der Waals surface area contributed by atoms with Gasteiger partial charge in [0.15, 0.2) is 12.8 Å². The van der Waals surface area contributed by atoms with E-state index in [9.17, 15) is 9.59 Å². The second-order valence-electron chi connectivity index (χ2n) is 9.52. The second kappa shape index (κ2) is 10.0. The summed E-state index contributed by atoms with van der Waals surface area (Å²) in [7, 11) is 1.87. The maximum absolute atomic E-state index is 12.4. The van der Waals surface area contributed by atoms with Crippen molar-refractivity contribution in [2.45, 2.75) is 70.4 Å². The molecule has 2 saturated carbocycles. The van der Waals surface area contributed by atoms with Crippen LogP contribution >= 0.6 is 0 Å². The van der Waals surface area contributed by atoms with E-state index in [1.807, 2.05) is 19.2 Å². The Balaban J connectivity index is 1.33. The van der Waals surface area contributed by atoms with Crippen LogP contribution in [0.1, 0.15) is 62.5 Å². The predicted molar refractivity (Wildman–Crippen MR) is 117 cm³/mol. The molecular weight excluding hydrogens is 394 g/mol. The highest BCUT2D eigenvalue weighted by molar-refractivity contribution is 5.72. The maximum atomic E-state index is 12.4. The monoisotopic (exact) mass is 429 g/mol. The van der Waals surface area contributed by atoms with Crippen molar-refractivity contribution in [3.63, 3.8) is 0 Å². The van der Waals surface area contributed by atoms with E-state index in [1.165, 1.54) is 24.0 Å². The fraction of sp³-hybridized carbons (Fsp3) is 0.680. The highest BCUT2D eigenvalue weighted by Gasteiger charge is 2.40. The van der Waals surface area contributed by atoms with Gasteiger partial charge in [0.2, 0.25) is 0 Å². The normalized spacial score (nSPS) is 26.2. The zero-order valence-electron chi connectivity index (χ0n) is 18.5. The van der Waals surface area contributed by atoms with Gasteiger partial charge in [-0.3, -0.25) is 10.1 Å². The van der Waals surface area contributed by atoms with E-state index in [1.54, 1.807) is 0 Å². The van der Waals surface area contributed by atoms with Gasteiger partial charge in [-0.05, 0) is 93.4 Å². The molecule has 0 aliphatic heterocycles. The molecule has 4 unspecified atom stereocenters. The van der Waals surface area contributed by atoms with Crippen molar-refractivity contribution in [1.82, 2.24) is 5.32 Å². The zero-order chi connectivity index (χ0) is 21.8. The van der Waals surface area contributed by atoms with Crippen molar-refractivity contribution >= 4 is 11.9 Å². The summed E-state index contributed by atoms with van der Waals surface area (Å²) in [5.41, 5.74) is 2.50. The first-order chi connectivity index (χ1) is 15.0. The summed E-state index contributed by atoms with van der Waals surface area (Å²) in [5, 5.41) is 12.1. The molecule has 1 aromatic rings. The van der Waals surface area contributed by atoms with Gasteiger partial charge in [0.1, 0.15) is 5.75 Å². The van der Waals surface area contributed by atoms with Crippen LogP contribution in [-0.2, 0) is 27.2 Å². The van der Waals surface area contributed by atoms with Gasteiger partial charge in [0.05, 0.1) is 5.92 Å². The van der Waals surface area contributed by atoms with Crippen LogP contribution < -0.4 is 10.1 Å². The maximum Gasteiger partial charge on any atom is 0.341 e. The summed E-state index contributed by atoms with van der Waals surface area (Å²) < 4.78 is 11.3. The van der Waals surface area contributed by atoms with Crippen molar-refractivity contribution in [3.8, 4) is 5.75 Å². The lowest BCUT2D eigenvalue weighted by atomic mass is 9.73. The first-order valence-electron chi connectivity index (χ1n) is 11.9. The van der Waals surface area contributed by atoms with Crippen LogP contribution in [0, 0.1) is 23.7 Å². The van der Waals surface area contributed by atoms with Crippen LogP contribution in [0.15, 0.2) is 18.2 Å². The van der Waals surface area contributed by atoms with Crippen LogP contribution in [-0.4, -0.2) is 36.9 Å². The fourth-order valence-corrected chi connectivity index (χ4v) is 6.04. The molecule has 6 heteroatoms. The number of carbonyl (C=O) groups is 2. The molecule has 4 rings (SSSR count). The van der Waals surface area contributed by atoms with Gasteiger partial charge in [-0.2, -0.15) is 0 Å². The molecule has 1 aromatic carbocycles. The van der Waals surface area contributed by atoms with E-state index in [0.29, 0.717) is 17.8 Å². The van der Waals surface area contributed by atoms with Gasteiger partial charge in [-0.15, -0.1) is 0 Å². The van der Waals surface area contributed by atoms with Gasteiger partial charge < -0.3 is 14.6 Å². The van der Waals surface area contributed by atoms with Crippen molar-refractivity contribution < 1.29 is 24.2 Å². The van der Waals surface area contributed by atoms with Crippen molar-refractivity contribution in [2.24, 2.45) is 23.7 Å². The molecule has 6 nitrogen and oxygen atoms in total. The number of fused-ring (bicyclic) bond motifs is 2. The minimum Gasteiger partial charge on any atom is -0.482 e. The van der Waals surface area contributed by atoms with E-state index >= 15 is 0 Å². The molecule has 3 aliphatic carbocycles. The number of carboxylic acids is 1.